The van der Waals surface area contributed by atoms with E-state index in [1.54, 1.807) is 12.1 Å². The topological polar surface area (TPSA) is 83.0 Å². The van der Waals surface area contributed by atoms with Crippen LogP contribution >= 0.6 is 23.4 Å². The van der Waals surface area contributed by atoms with E-state index in [4.69, 9.17) is 11.6 Å². The summed E-state index contributed by atoms with van der Waals surface area (Å²) in [5.41, 5.74) is 3.15. The van der Waals surface area contributed by atoms with Crippen LogP contribution < -0.4 is 5.43 Å². The maximum absolute atomic E-state index is 11.5. The molecule has 0 unspecified atom stereocenters. The van der Waals surface area contributed by atoms with Crippen molar-refractivity contribution in [2.75, 3.05) is 5.75 Å². The second-order valence-corrected chi connectivity index (χ2v) is 4.77. The number of carbonyl (C=O) groups is 1. The molecule has 0 aliphatic carbocycles. The molecule has 0 spiro atoms. The van der Waals surface area contributed by atoms with E-state index < -0.39 is 0 Å². The number of hydrazone groups is 1. The van der Waals surface area contributed by atoms with Crippen LogP contribution in [0.4, 0.5) is 0 Å². The van der Waals surface area contributed by atoms with Crippen LogP contribution in [0.5, 0.6) is 0 Å². The van der Waals surface area contributed by atoms with E-state index in [1.165, 1.54) is 24.3 Å². The molecule has 0 aliphatic rings. The van der Waals surface area contributed by atoms with Crippen molar-refractivity contribution >= 4 is 35.5 Å². The van der Waals surface area contributed by atoms with E-state index in [2.05, 4.69) is 25.7 Å². The van der Waals surface area contributed by atoms with Gasteiger partial charge in [0.1, 0.15) is 6.33 Å². The first-order chi connectivity index (χ1) is 9.25. The van der Waals surface area contributed by atoms with Crippen molar-refractivity contribution in [1.29, 1.82) is 0 Å². The molecule has 0 saturated carbocycles. The number of halogens is 1. The average Bonchev–Trinajstić information content (AvgIpc) is 2.92. The Labute approximate surface area is 118 Å². The lowest BCUT2D eigenvalue weighted by molar-refractivity contribution is -0.118. The summed E-state index contributed by atoms with van der Waals surface area (Å²) in [5, 5.41) is 11.3. The van der Waals surface area contributed by atoms with Gasteiger partial charge in [0.25, 0.3) is 5.91 Å². The highest BCUT2D eigenvalue weighted by molar-refractivity contribution is 7.99. The van der Waals surface area contributed by atoms with Gasteiger partial charge in [0, 0.05) is 10.6 Å². The molecule has 6 nitrogen and oxygen atoms in total. The fourth-order valence-electron chi connectivity index (χ4n) is 1.18. The first kappa shape index (κ1) is 13.6. The van der Waals surface area contributed by atoms with E-state index in [0.29, 0.717) is 10.2 Å². The molecule has 8 heteroatoms. The van der Waals surface area contributed by atoms with Gasteiger partial charge in [-0.25, -0.2) is 10.4 Å². The Morgan fingerprint density at radius 1 is 1.53 bits per heavy atom. The highest BCUT2D eigenvalue weighted by atomic mass is 35.5. The number of H-pyrrole nitrogens is 1. The second-order valence-electron chi connectivity index (χ2n) is 3.39. The van der Waals surface area contributed by atoms with Crippen molar-refractivity contribution < 1.29 is 4.79 Å². The molecule has 2 aromatic rings. The molecule has 19 heavy (non-hydrogen) atoms. The minimum absolute atomic E-state index is 0.203. The zero-order valence-electron chi connectivity index (χ0n) is 9.71. The smallest absolute Gasteiger partial charge is 0.250 e. The molecule has 2 N–H and O–H groups in total. The highest BCUT2D eigenvalue weighted by Crippen LogP contribution is 2.12. The van der Waals surface area contributed by atoms with Gasteiger partial charge in [-0.05, 0) is 6.07 Å². The van der Waals surface area contributed by atoms with Crippen LogP contribution in [-0.4, -0.2) is 33.1 Å². The SMILES string of the molecule is O=C(CSc1ncn[nH]1)N/N=C/c1ccccc1Cl. The summed E-state index contributed by atoms with van der Waals surface area (Å²) in [6.45, 7) is 0. The quantitative estimate of drug-likeness (QED) is 0.500. The zero-order chi connectivity index (χ0) is 13.5. The molecule has 1 amide bonds. The largest absolute Gasteiger partial charge is 0.272 e. The molecule has 98 valence electrons. The van der Waals surface area contributed by atoms with Crippen LogP contribution in [0.3, 0.4) is 0 Å². The van der Waals surface area contributed by atoms with Crippen LogP contribution in [-0.2, 0) is 4.79 Å². The van der Waals surface area contributed by atoms with Crippen molar-refractivity contribution in [1.82, 2.24) is 20.6 Å². The molecule has 2 rings (SSSR count). The normalized spacial score (nSPS) is 10.8. The molecule has 1 aromatic carbocycles. The lowest BCUT2D eigenvalue weighted by Gasteiger charge is -1.98. The van der Waals surface area contributed by atoms with Gasteiger partial charge < -0.3 is 0 Å². The Morgan fingerprint density at radius 2 is 2.37 bits per heavy atom. The van der Waals surface area contributed by atoms with Crippen LogP contribution in [0.2, 0.25) is 5.02 Å². The average molecular weight is 296 g/mol. The highest BCUT2D eigenvalue weighted by Gasteiger charge is 2.03. The van der Waals surface area contributed by atoms with Gasteiger partial charge >= 0.3 is 0 Å². The first-order valence-corrected chi connectivity index (χ1v) is 6.66. The Morgan fingerprint density at radius 3 is 3.11 bits per heavy atom. The van der Waals surface area contributed by atoms with E-state index in [1.807, 2.05) is 12.1 Å². The number of amides is 1. The summed E-state index contributed by atoms with van der Waals surface area (Å²) in [6.07, 6.45) is 2.88. The number of thioether (sulfide) groups is 1. The summed E-state index contributed by atoms with van der Waals surface area (Å²) in [6, 6.07) is 7.23. The molecule has 1 aromatic heterocycles. The van der Waals surface area contributed by atoms with Crippen LogP contribution in [0.1, 0.15) is 5.56 Å². The fraction of sp³-hybridized carbons (Fsp3) is 0.0909. The summed E-state index contributed by atoms with van der Waals surface area (Å²) in [7, 11) is 0. The third-order valence-electron chi connectivity index (χ3n) is 2.03. The van der Waals surface area contributed by atoms with Crippen molar-refractivity contribution in [3.05, 3.63) is 41.2 Å². The van der Waals surface area contributed by atoms with Crippen molar-refractivity contribution in [2.24, 2.45) is 5.10 Å². The van der Waals surface area contributed by atoms with E-state index >= 15 is 0 Å². The van der Waals surface area contributed by atoms with Crippen molar-refractivity contribution in [3.8, 4) is 0 Å². The van der Waals surface area contributed by atoms with Gasteiger partial charge in [-0.1, -0.05) is 41.6 Å². The lowest BCUT2D eigenvalue weighted by Crippen LogP contribution is -2.19. The Kier molecular flexibility index (Phi) is 4.93. The van der Waals surface area contributed by atoms with E-state index in [9.17, 15) is 4.79 Å². The number of hydrogen-bond acceptors (Lipinski definition) is 5. The third kappa shape index (κ3) is 4.38. The van der Waals surface area contributed by atoms with E-state index in [0.717, 1.165) is 5.56 Å². The van der Waals surface area contributed by atoms with Crippen LogP contribution in [0.25, 0.3) is 0 Å². The number of carbonyl (C=O) groups excluding carboxylic acids is 1. The Bertz CT molecular complexity index is 572. The monoisotopic (exact) mass is 295 g/mol. The van der Waals surface area contributed by atoms with Crippen molar-refractivity contribution in [3.63, 3.8) is 0 Å². The van der Waals surface area contributed by atoms with Gasteiger partial charge in [-0.15, -0.1) is 0 Å². The summed E-state index contributed by atoms with van der Waals surface area (Å²) >= 11 is 7.18. The molecule has 0 atom stereocenters. The lowest BCUT2D eigenvalue weighted by atomic mass is 10.2. The number of nitrogens with zero attached hydrogens (tertiary/aromatic N) is 3. The number of nitrogens with one attached hydrogen (secondary N) is 2. The minimum Gasteiger partial charge on any atom is -0.272 e. The predicted molar refractivity (Wildman–Crippen MR) is 74.3 cm³/mol. The first-order valence-electron chi connectivity index (χ1n) is 5.30. The standard InChI is InChI=1S/C11H10ClN5OS/c12-9-4-2-1-3-8(9)5-14-16-10(18)6-19-11-13-7-15-17-11/h1-5,7H,6H2,(H,16,18)(H,13,15,17)/b14-5+. The van der Waals surface area contributed by atoms with Gasteiger partial charge in [-0.3, -0.25) is 9.89 Å². The summed E-state index contributed by atoms with van der Waals surface area (Å²) < 4.78 is 0. The molecular formula is C11H10ClN5OS. The maximum atomic E-state index is 11.5. The summed E-state index contributed by atoms with van der Waals surface area (Å²) in [4.78, 5) is 15.4. The Balaban J connectivity index is 1.79. The minimum atomic E-state index is -0.232. The third-order valence-corrected chi connectivity index (χ3v) is 3.25. The number of rotatable bonds is 5. The molecular weight excluding hydrogens is 286 g/mol. The van der Waals surface area contributed by atoms with Crippen molar-refractivity contribution in [2.45, 2.75) is 5.16 Å². The van der Waals surface area contributed by atoms with E-state index in [-0.39, 0.29) is 11.7 Å². The van der Waals surface area contributed by atoms with Gasteiger partial charge in [0.2, 0.25) is 0 Å². The molecule has 0 fully saturated rings. The number of aromatic nitrogens is 3. The molecule has 0 radical (unpaired) electrons. The summed E-state index contributed by atoms with van der Waals surface area (Å²) in [5.74, 6) is -0.0283. The Hall–Kier alpha value is -1.86. The number of hydrogen-bond donors (Lipinski definition) is 2. The predicted octanol–water partition coefficient (Wildman–Crippen LogP) is 1.70. The van der Waals surface area contributed by atoms with Crippen LogP contribution in [0, 0.1) is 0 Å². The number of aromatic amines is 1. The molecule has 0 bridgehead atoms. The van der Waals surface area contributed by atoms with Gasteiger partial charge in [0.15, 0.2) is 5.16 Å². The molecule has 0 saturated heterocycles. The maximum Gasteiger partial charge on any atom is 0.250 e. The van der Waals surface area contributed by atoms with Gasteiger partial charge in [-0.2, -0.15) is 10.2 Å². The molecule has 1 heterocycles. The second kappa shape index (κ2) is 6.91. The zero-order valence-corrected chi connectivity index (χ0v) is 11.3. The van der Waals surface area contributed by atoms with Gasteiger partial charge in [0.05, 0.1) is 12.0 Å². The molecule has 0 aliphatic heterocycles. The number of benzene rings is 1. The fourth-order valence-corrected chi connectivity index (χ4v) is 1.94. The van der Waals surface area contributed by atoms with Crippen LogP contribution in [0.15, 0.2) is 40.9 Å².